The molecule has 1 aromatic heterocycles. The van der Waals surface area contributed by atoms with E-state index in [1.807, 2.05) is 18.4 Å². The molecule has 3 rings (SSSR count). The molecule has 6 heteroatoms. The molecule has 2 heterocycles. The minimum Gasteiger partial charge on any atom is -0.364 e. The topological polar surface area (TPSA) is 85.3 Å². The van der Waals surface area contributed by atoms with E-state index < -0.39 is 11.6 Å². The molecule has 0 fully saturated rings. The maximum atomic E-state index is 11.9. The van der Waals surface area contributed by atoms with Gasteiger partial charge in [0, 0.05) is 0 Å². The Kier molecular flexibility index (Phi) is 3.91. The number of aryl methyl sites for hydroxylation is 2. The Balaban J connectivity index is 2.20. The number of hydrogen-bond acceptors (Lipinski definition) is 4. The van der Waals surface area contributed by atoms with Crippen LogP contribution >= 0.6 is 0 Å². The van der Waals surface area contributed by atoms with E-state index in [2.05, 4.69) is 47.3 Å². The number of nitrogens with one attached hydrogen (secondary N) is 1. The lowest BCUT2D eigenvalue weighted by atomic mass is 10.0. The molecule has 126 valence electrons. The summed E-state index contributed by atoms with van der Waals surface area (Å²) in [4.78, 5) is 20.9. The second-order valence-electron chi connectivity index (χ2n) is 6.29. The third-order valence-corrected chi connectivity index (χ3v) is 4.68. The Bertz CT molecular complexity index is 830. The van der Waals surface area contributed by atoms with Gasteiger partial charge in [-0.3, -0.25) is 9.36 Å². The van der Waals surface area contributed by atoms with Crippen LogP contribution < -0.4 is 11.1 Å². The second-order valence-corrected chi connectivity index (χ2v) is 6.29. The van der Waals surface area contributed by atoms with Crippen LogP contribution in [0.1, 0.15) is 43.5 Å². The van der Waals surface area contributed by atoms with E-state index in [0.717, 1.165) is 29.9 Å². The SMILES string of the molecule is CCC1(CC)N=C(C(N)=O)c2ncn(-c3ccc(C)cc3C)c2N1. The standard InChI is InChI=1S/C18H23N5O/c1-5-18(6-2)21-14(16(19)24)15-17(22-18)23(10-20-15)13-8-7-11(3)9-12(13)4/h7-10,22H,5-6H2,1-4H3,(H2,19,24). The lowest BCUT2D eigenvalue weighted by Gasteiger charge is -2.34. The second kappa shape index (κ2) is 5.78. The number of fused-ring (bicyclic) bond motifs is 1. The summed E-state index contributed by atoms with van der Waals surface area (Å²) in [7, 11) is 0. The van der Waals surface area contributed by atoms with Crippen molar-refractivity contribution in [2.24, 2.45) is 10.7 Å². The van der Waals surface area contributed by atoms with Crippen molar-refractivity contribution in [2.45, 2.75) is 46.2 Å². The zero-order valence-corrected chi connectivity index (χ0v) is 14.6. The van der Waals surface area contributed by atoms with Crippen LogP contribution in [-0.4, -0.2) is 26.8 Å². The van der Waals surface area contributed by atoms with Crippen LogP contribution in [0, 0.1) is 13.8 Å². The number of benzene rings is 1. The van der Waals surface area contributed by atoms with Crippen molar-refractivity contribution in [3.63, 3.8) is 0 Å². The van der Waals surface area contributed by atoms with Gasteiger partial charge in [0.2, 0.25) is 0 Å². The third-order valence-electron chi connectivity index (χ3n) is 4.68. The maximum Gasteiger partial charge on any atom is 0.269 e. The van der Waals surface area contributed by atoms with Gasteiger partial charge in [-0.2, -0.15) is 0 Å². The van der Waals surface area contributed by atoms with Crippen LogP contribution in [0.4, 0.5) is 5.82 Å². The number of anilines is 1. The Morgan fingerprint density at radius 1 is 1.29 bits per heavy atom. The molecule has 1 aromatic carbocycles. The number of nitrogens with zero attached hydrogens (tertiary/aromatic N) is 3. The summed E-state index contributed by atoms with van der Waals surface area (Å²) in [6.45, 7) is 8.21. The fourth-order valence-corrected chi connectivity index (χ4v) is 3.17. The van der Waals surface area contributed by atoms with Crippen molar-refractivity contribution in [2.75, 3.05) is 5.32 Å². The molecule has 0 atom stereocenters. The van der Waals surface area contributed by atoms with Crippen LogP contribution in [0.2, 0.25) is 0 Å². The monoisotopic (exact) mass is 325 g/mol. The summed E-state index contributed by atoms with van der Waals surface area (Å²) in [6, 6.07) is 6.25. The Hall–Kier alpha value is -2.63. The van der Waals surface area contributed by atoms with E-state index in [0.29, 0.717) is 5.69 Å². The predicted molar refractivity (Wildman–Crippen MR) is 95.7 cm³/mol. The fraction of sp³-hybridized carbons (Fsp3) is 0.389. The van der Waals surface area contributed by atoms with Crippen LogP contribution in [0.15, 0.2) is 29.5 Å². The molecule has 2 aromatic rings. The van der Waals surface area contributed by atoms with Gasteiger partial charge in [-0.25, -0.2) is 9.98 Å². The zero-order chi connectivity index (χ0) is 17.5. The van der Waals surface area contributed by atoms with E-state index in [-0.39, 0.29) is 5.71 Å². The van der Waals surface area contributed by atoms with Gasteiger partial charge in [0.15, 0.2) is 5.71 Å². The molecule has 24 heavy (non-hydrogen) atoms. The number of primary amides is 1. The molecule has 1 aliphatic heterocycles. The number of carbonyl (C=O) groups is 1. The summed E-state index contributed by atoms with van der Waals surface area (Å²) >= 11 is 0. The molecule has 0 unspecified atom stereocenters. The van der Waals surface area contributed by atoms with Gasteiger partial charge in [-0.05, 0) is 38.3 Å². The zero-order valence-electron chi connectivity index (χ0n) is 14.6. The number of rotatable bonds is 4. The summed E-state index contributed by atoms with van der Waals surface area (Å²) < 4.78 is 1.97. The quantitative estimate of drug-likeness (QED) is 0.906. The first-order valence-corrected chi connectivity index (χ1v) is 8.24. The predicted octanol–water partition coefficient (Wildman–Crippen LogP) is 2.71. The minimum absolute atomic E-state index is 0.246. The summed E-state index contributed by atoms with van der Waals surface area (Å²) in [5.74, 6) is 0.226. The molecule has 0 saturated heterocycles. The number of aliphatic imine (C=N–C) groups is 1. The molecule has 6 nitrogen and oxygen atoms in total. The van der Waals surface area contributed by atoms with Crippen molar-refractivity contribution in [3.05, 3.63) is 41.3 Å². The highest BCUT2D eigenvalue weighted by atomic mass is 16.1. The third kappa shape index (κ3) is 2.48. The largest absolute Gasteiger partial charge is 0.364 e. The van der Waals surface area contributed by atoms with Crippen LogP contribution in [0.3, 0.4) is 0 Å². The van der Waals surface area contributed by atoms with Crippen molar-refractivity contribution >= 4 is 17.4 Å². The van der Waals surface area contributed by atoms with Crippen LogP contribution in [-0.2, 0) is 4.79 Å². The first-order chi connectivity index (χ1) is 11.4. The molecular formula is C18H23N5O. The normalized spacial score (nSPS) is 15.4. The number of nitrogens with two attached hydrogens (primary N) is 1. The number of hydrogen-bond donors (Lipinski definition) is 2. The van der Waals surface area contributed by atoms with Gasteiger partial charge < -0.3 is 11.1 Å². The fourth-order valence-electron chi connectivity index (χ4n) is 3.17. The highest BCUT2D eigenvalue weighted by Crippen LogP contribution is 2.34. The van der Waals surface area contributed by atoms with E-state index in [1.165, 1.54) is 5.56 Å². The van der Waals surface area contributed by atoms with Gasteiger partial charge in [0.25, 0.3) is 5.91 Å². The molecular weight excluding hydrogens is 302 g/mol. The Morgan fingerprint density at radius 3 is 2.58 bits per heavy atom. The first kappa shape index (κ1) is 16.2. The molecule has 0 aliphatic carbocycles. The lowest BCUT2D eigenvalue weighted by molar-refractivity contribution is -0.112. The van der Waals surface area contributed by atoms with E-state index in [9.17, 15) is 4.79 Å². The van der Waals surface area contributed by atoms with E-state index in [4.69, 9.17) is 5.73 Å². The maximum absolute atomic E-state index is 11.9. The van der Waals surface area contributed by atoms with Gasteiger partial charge in [-0.15, -0.1) is 0 Å². The Labute approximate surface area is 141 Å². The molecule has 1 amide bonds. The van der Waals surface area contributed by atoms with Crippen molar-refractivity contribution in [3.8, 4) is 5.69 Å². The van der Waals surface area contributed by atoms with E-state index >= 15 is 0 Å². The molecule has 1 aliphatic rings. The summed E-state index contributed by atoms with van der Waals surface area (Å²) in [5.41, 5.74) is 9.15. The van der Waals surface area contributed by atoms with Crippen LogP contribution in [0.25, 0.3) is 5.69 Å². The van der Waals surface area contributed by atoms with Crippen molar-refractivity contribution in [1.82, 2.24) is 9.55 Å². The number of imidazole rings is 1. The highest BCUT2D eigenvalue weighted by Gasteiger charge is 2.36. The molecule has 0 saturated carbocycles. The van der Waals surface area contributed by atoms with Gasteiger partial charge >= 0.3 is 0 Å². The average Bonchev–Trinajstić information content (AvgIpc) is 2.97. The molecule has 0 spiro atoms. The van der Waals surface area contributed by atoms with E-state index in [1.54, 1.807) is 6.33 Å². The molecule has 0 radical (unpaired) electrons. The average molecular weight is 325 g/mol. The minimum atomic E-state index is -0.546. The highest BCUT2D eigenvalue weighted by molar-refractivity contribution is 6.45. The van der Waals surface area contributed by atoms with Crippen LogP contribution in [0.5, 0.6) is 0 Å². The first-order valence-electron chi connectivity index (χ1n) is 8.24. The molecule has 3 N–H and O–H groups in total. The lowest BCUT2D eigenvalue weighted by Crippen LogP contribution is -2.43. The van der Waals surface area contributed by atoms with Gasteiger partial charge in [0.05, 0.1) is 5.69 Å². The number of carbonyl (C=O) groups excluding carboxylic acids is 1. The summed E-state index contributed by atoms with van der Waals surface area (Å²) in [5, 5.41) is 3.49. The smallest absolute Gasteiger partial charge is 0.269 e. The summed E-state index contributed by atoms with van der Waals surface area (Å²) in [6.07, 6.45) is 3.21. The van der Waals surface area contributed by atoms with Gasteiger partial charge in [0.1, 0.15) is 23.5 Å². The number of aromatic nitrogens is 2. The number of amides is 1. The van der Waals surface area contributed by atoms with Crippen molar-refractivity contribution in [1.29, 1.82) is 0 Å². The van der Waals surface area contributed by atoms with Gasteiger partial charge in [-0.1, -0.05) is 31.5 Å². The Morgan fingerprint density at radius 2 is 2.00 bits per heavy atom. The molecule has 0 bridgehead atoms. The van der Waals surface area contributed by atoms with Crippen molar-refractivity contribution < 1.29 is 4.79 Å².